The number of amides is 1. The highest BCUT2D eigenvalue weighted by atomic mass is 16.5. The first-order valence-electron chi connectivity index (χ1n) is 11.8. The minimum atomic E-state index is -0.345. The van der Waals surface area contributed by atoms with Crippen LogP contribution in [0.15, 0.2) is 40.8 Å². The monoisotopic (exact) mass is 479 g/mol. The molecule has 5 rings (SSSR count). The molecule has 184 valence electrons. The number of hydrogen-bond donors (Lipinski definition) is 1. The molecule has 4 heterocycles. The zero-order valence-electron chi connectivity index (χ0n) is 19.9. The summed E-state index contributed by atoms with van der Waals surface area (Å²) in [5.41, 5.74) is 1.77. The summed E-state index contributed by atoms with van der Waals surface area (Å²) in [6.45, 7) is 7.50. The molecule has 1 amide bonds. The molecule has 3 aliphatic rings. The van der Waals surface area contributed by atoms with Crippen LogP contribution in [0.3, 0.4) is 0 Å². The number of rotatable bonds is 7. The molecule has 1 fully saturated rings. The maximum atomic E-state index is 12.8. The molecular formula is C24H29N7O4. The third-order valence-electron chi connectivity index (χ3n) is 6.10. The molecule has 1 aromatic carbocycles. The highest BCUT2D eigenvalue weighted by molar-refractivity contribution is 6.20. The predicted molar refractivity (Wildman–Crippen MR) is 130 cm³/mol. The van der Waals surface area contributed by atoms with Crippen molar-refractivity contribution >= 4 is 23.4 Å². The van der Waals surface area contributed by atoms with E-state index in [1.54, 1.807) is 7.11 Å². The van der Waals surface area contributed by atoms with Crippen molar-refractivity contribution in [1.29, 1.82) is 0 Å². The van der Waals surface area contributed by atoms with Gasteiger partial charge in [0, 0.05) is 44.1 Å². The van der Waals surface area contributed by atoms with Gasteiger partial charge in [0.05, 0.1) is 38.5 Å². The van der Waals surface area contributed by atoms with Gasteiger partial charge in [-0.1, -0.05) is 0 Å². The Morgan fingerprint density at radius 2 is 2.11 bits per heavy atom. The number of aromatic nitrogens is 2. The first-order valence-corrected chi connectivity index (χ1v) is 11.8. The molecule has 0 bridgehead atoms. The van der Waals surface area contributed by atoms with Crippen molar-refractivity contribution in [2.24, 2.45) is 9.98 Å². The van der Waals surface area contributed by atoms with Crippen LogP contribution in [0.5, 0.6) is 11.5 Å². The number of carbonyl (C=O) groups is 1. The van der Waals surface area contributed by atoms with E-state index in [9.17, 15) is 4.79 Å². The fourth-order valence-electron chi connectivity index (χ4n) is 4.45. The number of nitrogens with zero attached hydrogens (tertiary/aromatic N) is 6. The van der Waals surface area contributed by atoms with Crippen LogP contribution in [0.25, 0.3) is 0 Å². The van der Waals surface area contributed by atoms with Gasteiger partial charge in [-0.2, -0.15) is 0 Å². The number of hydrogen-bond acceptors (Lipinski definition) is 10. The van der Waals surface area contributed by atoms with Crippen LogP contribution in [-0.2, 0) is 4.74 Å². The van der Waals surface area contributed by atoms with Gasteiger partial charge in [0.2, 0.25) is 5.96 Å². The van der Waals surface area contributed by atoms with Gasteiger partial charge in [0.1, 0.15) is 17.9 Å². The lowest BCUT2D eigenvalue weighted by Gasteiger charge is -2.31. The molecule has 0 aliphatic carbocycles. The third kappa shape index (κ3) is 4.96. The summed E-state index contributed by atoms with van der Waals surface area (Å²) < 4.78 is 17.4. The maximum absolute atomic E-state index is 12.8. The lowest BCUT2D eigenvalue weighted by atomic mass is 10.1. The molecule has 0 saturated carbocycles. The number of methoxy groups -OCH3 is 1. The topological polar surface area (TPSA) is 114 Å². The summed E-state index contributed by atoms with van der Waals surface area (Å²) in [6, 6.07) is 3.84. The quantitative estimate of drug-likeness (QED) is 0.594. The number of ether oxygens (including phenoxy) is 3. The van der Waals surface area contributed by atoms with E-state index < -0.39 is 0 Å². The smallest absolute Gasteiger partial charge is 0.261 e. The van der Waals surface area contributed by atoms with Gasteiger partial charge < -0.3 is 14.2 Å². The first kappa shape index (κ1) is 23.2. The van der Waals surface area contributed by atoms with Crippen LogP contribution >= 0.6 is 0 Å². The van der Waals surface area contributed by atoms with Crippen LogP contribution < -0.4 is 14.8 Å². The Kier molecular flexibility index (Phi) is 6.87. The first-order chi connectivity index (χ1) is 17.1. The molecule has 11 nitrogen and oxygen atoms in total. The number of amidine groups is 1. The molecule has 0 unspecified atom stereocenters. The van der Waals surface area contributed by atoms with Gasteiger partial charge in [-0.15, -0.1) is 0 Å². The fourth-order valence-corrected chi connectivity index (χ4v) is 4.45. The van der Waals surface area contributed by atoms with Crippen molar-refractivity contribution < 1.29 is 19.0 Å². The van der Waals surface area contributed by atoms with Crippen molar-refractivity contribution in [3.63, 3.8) is 0 Å². The molecule has 11 heteroatoms. The Morgan fingerprint density at radius 1 is 1.26 bits per heavy atom. The highest BCUT2D eigenvalue weighted by Gasteiger charge is 2.33. The van der Waals surface area contributed by atoms with Gasteiger partial charge in [-0.05, 0) is 25.5 Å². The summed E-state index contributed by atoms with van der Waals surface area (Å²) in [5, 5.41) is 2.87. The normalized spacial score (nSPS) is 19.4. The lowest BCUT2D eigenvalue weighted by molar-refractivity contribution is -0.0193. The van der Waals surface area contributed by atoms with Crippen molar-refractivity contribution in [3.05, 3.63) is 42.0 Å². The maximum Gasteiger partial charge on any atom is 0.261 e. The number of nitrogens with one attached hydrogen (secondary N) is 1. The van der Waals surface area contributed by atoms with E-state index >= 15 is 0 Å². The Hall–Kier alpha value is -3.57. The van der Waals surface area contributed by atoms with Crippen LogP contribution in [0.2, 0.25) is 0 Å². The van der Waals surface area contributed by atoms with Crippen molar-refractivity contribution in [2.75, 3.05) is 53.0 Å². The summed E-state index contributed by atoms with van der Waals surface area (Å²) >= 11 is 0. The van der Waals surface area contributed by atoms with E-state index in [2.05, 4.69) is 32.1 Å². The van der Waals surface area contributed by atoms with Crippen LogP contribution in [0.4, 0.5) is 5.69 Å². The molecule has 35 heavy (non-hydrogen) atoms. The summed E-state index contributed by atoms with van der Waals surface area (Å²) in [6.07, 6.45) is 5.46. The predicted octanol–water partition coefficient (Wildman–Crippen LogP) is 1.47. The Labute approximate surface area is 203 Å². The van der Waals surface area contributed by atoms with Crippen molar-refractivity contribution in [2.45, 2.75) is 19.4 Å². The van der Waals surface area contributed by atoms with Gasteiger partial charge in [0.25, 0.3) is 5.91 Å². The number of morpholine rings is 1. The third-order valence-corrected chi connectivity index (χ3v) is 6.10. The minimum Gasteiger partial charge on any atom is -0.491 e. The molecular weight excluding hydrogens is 450 g/mol. The average Bonchev–Trinajstić information content (AvgIpc) is 3.38. The molecule has 2 aromatic rings. The van der Waals surface area contributed by atoms with Gasteiger partial charge in [-0.3, -0.25) is 24.9 Å². The molecule has 1 saturated heterocycles. The Balaban J connectivity index is 1.33. The van der Waals surface area contributed by atoms with Gasteiger partial charge in [0.15, 0.2) is 11.5 Å². The SMILES string of the molecule is COc1c(OCCCN2CCO[C@H](C)C2)ccc2c1N=C(NC(=O)c1cncnc1)N1CCN=C21. The molecule has 1 N–H and O–H groups in total. The minimum absolute atomic E-state index is 0.269. The summed E-state index contributed by atoms with van der Waals surface area (Å²) in [5.74, 6) is 1.93. The average molecular weight is 480 g/mol. The number of guanidine groups is 1. The van der Waals surface area contributed by atoms with E-state index in [0.29, 0.717) is 48.4 Å². The van der Waals surface area contributed by atoms with E-state index in [1.807, 2.05) is 17.0 Å². The molecule has 0 radical (unpaired) electrons. The number of aliphatic imine (C=N–C) groups is 2. The van der Waals surface area contributed by atoms with Crippen LogP contribution in [0.1, 0.15) is 29.3 Å². The molecule has 0 spiro atoms. The van der Waals surface area contributed by atoms with Crippen molar-refractivity contribution in [1.82, 2.24) is 25.1 Å². The Bertz CT molecular complexity index is 1140. The zero-order valence-corrected chi connectivity index (χ0v) is 19.9. The van der Waals surface area contributed by atoms with E-state index in [1.165, 1.54) is 18.7 Å². The molecule has 1 atom stereocenters. The second-order valence-electron chi connectivity index (χ2n) is 8.55. The van der Waals surface area contributed by atoms with Crippen LogP contribution in [-0.4, -0.2) is 96.6 Å². The van der Waals surface area contributed by atoms with Crippen molar-refractivity contribution in [3.8, 4) is 11.5 Å². The second kappa shape index (κ2) is 10.4. The van der Waals surface area contributed by atoms with E-state index in [-0.39, 0.29) is 12.0 Å². The highest BCUT2D eigenvalue weighted by Crippen LogP contribution is 2.43. The second-order valence-corrected chi connectivity index (χ2v) is 8.55. The van der Waals surface area contributed by atoms with Gasteiger partial charge in [-0.25, -0.2) is 15.0 Å². The number of carbonyl (C=O) groups excluding carboxylic acids is 1. The van der Waals surface area contributed by atoms with E-state index in [0.717, 1.165) is 44.1 Å². The molecule has 3 aliphatic heterocycles. The number of fused-ring (bicyclic) bond motifs is 3. The Morgan fingerprint density at radius 3 is 2.91 bits per heavy atom. The van der Waals surface area contributed by atoms with Crippen LogP contribution in [0, 0.1) is 0 Å². The fraction of sp³-hybridized carbons (Fsp3) is 0.458. The van der Waals surface area contributed by atoms with E-state index in [4.69, 9.17) is 19.2 Å². The standard InChI is InChI=1S/C24H29N7O4/c1-16-14-30(9-11-34-16)7-3-10-35-19-5-4-18-20(21(19)33-2)28-24(31-8-6-27-22(18)31)29-23(32)17-12-25-15-26-13-17/h4-5,12-13,15-16H,3,6-11,14H2,1-2H3,(H,28,29,32)/t16-/m1/s1. The number of benzene rings is 1. The largest absolute Gasteiger partial charge is 0.491 e. The zero-order chi connectivity index (χ0) is 24.2. The summed E-state index contributed by atoms with van der Waals surface area (Å²) in [4.78, 5) is 34.3. The lowest BCUT2D eigenvalue weighted by Crippen LogP contribution is -2.47. The van der Waals surface area contributed by atoms with Gasteiger partial charge >= 0.3 is 0 Å². The molecule has 1 aromatic heterocycles. The summed E-state index contributed by atoms with van der Waals surface area (Å²) in [7, 11) is 1.59.